The highest BCUT2D eigenvalue weighted by molar-refractivity contribution is 6.12. The standard InChI is InChI=1S/C20H16N/c1-21-14-13-16-12-11-15-7-5-6-10-18(15)19(16)20(21)17-8-3-2-4-9-17/h2-14H,1H3/q+1. The molecule has 1 nitrogen and oxygen atoms in total. The molecule has 0 N–H and O–H groups in total. The molecule has 0 aliphatic carbocycles. The van der Waals surface area contributed by atoms with Crippen molar-refractivity contribution in [1.82, 2.24) is 0 Å². The van der Waals surface area contributed by atoms with E-state index in [1.807, 2.05) is 0 Å². The van der Waals surface area contributed by atoms with Crippen LogP contribution in [0.5, 0.6) is 0 Å². The molecule has 0 fully saturated rings. The Hall–Kier alpha value is -2.67. The highest BCUT2D eigenvalue weighted by Crippen LogP contribution is 2.31. The first-order valence-corrected chi connectivity index (χ1v) is 7.20. The van der Waals surface area contributed by atoms with Crippen molar-refractivity contribution in [2.24, 2.45) is 7.05 Å². The van der Waals surface area contributed by atoms with E-state index in [1.54, 1.807) is 0 Å². The lowest BCUT2D eigenvalue weighted by Crippen LogP contribution is -2.30. The molecule has 1 heteroatoms. The summed E-state index contributed by atoms with van der Waals surface area (Å²) in [6, 6.07) is 25.8. The molecule has 4 aromatic rings. The van der Waals surface area contributed by atoms with Gasteiger partial charge in [0.25, 0.3) is 0 Å². The van der Waals surface area contributed by atoms with Crippen molar-refractivity contribution in [3.8, 4) is 11.3 Å². The molecule has 1 aromatic heterocycles. The Morgan fingerprint density at radius 1 is 0.667 bits per heavy atom. The fourth-order valence-electron chi connectivity index (χ4n) is 3.08. The summed E-state index contributed by atoms with van der Waals surface area (Å²) in [7, 11) is 2.11. The molecule has 3 aromatic carbocycles. The first-order valence-electron chi connectivity index (χ1n) is 7.20. The summed E-state index contributed by atoms with van der Waals surface area (Å²) in [5.41, 5.74) is 2.52. The Morgan fingerprint density at radius 3 is 2.24 bits per heavy atom. The van der Waals surface area contributed by atoms with Gasteiger partial charge in [-0.15, -0.1) is 0 Å². The summed E-state index contributed by atoms with van der Waals surface area (Å²) in [4.78, 5) is 0. The molecule has 0 saturated carbocycles. The van der Waals surface area contributed by atoms with Gasteiger partial charge in [0.05, 0.1) is 5.39 Å². The van der Waals surface area contributed by atoms with Crippen LogP contribution in [0.2, 0.25) is 0 Å². The Bertz CT molecular complexity index is 940. The van der Waals surface area contributed by atoms with Crippen molar-refractivity contribution >= 4 is 21.5 Å². The molecule has 0 saturated heterocycles. The average Bonchev–Trinajstić information content (AvgIpc) is 2.55. The monoisotopic (exact) mass is 270 g/mol. The molecule has 0 radical (unpaired) electrons. The van der Waals surface area contributed by atoms with Crippen LogP contribution >= 0.6 is 0 Å². The summed E-state index contributed by atoms with van der Waals surface area (Å²) in [5, 5.41) is 5.20. The second kappa shape index (κ2) is 4.71. The van der Waals surface area contributed by atoms with Crippen molar-refractivity contribution in [3.63, 3.8) is 0 Å². The summed E-state index contributed by atoms with van der Waals surface area (Å²) in [6.07, 6.45) is 2.14. The van der Waals surface area contributed by atoms with Crippen molar-refractivity contribution < 1.29 is 4.57 Å². The number of hydrogen-bond donors (Lipinski definition) is 0. The quantitative estimate of drug-likeness (QED) is 0.354. The molecule has 0 amide bonds. The maximum absolute atomic E-state index is 2.21. The minimum absolute atomic E-state index is 1.25. The van der Waals surface area contributed by atoms with Crippen LogP contribution in [0.1, 0.15) is 0 Å². The van der Waals surface area contributed by atoms with Crippen molar-refractivity contribution in [3.05, 3.63) is 79.0 Å². The number of aryl methyl sites for hydroxylation is 1. The van der Waals surface area contributed by atoms with E-state index in [-0.39, 0.29) is 0 Å². The fourth-order valence-corrected chi connectivity index (χ4v) is 3.08. The van der Waals surface area contributed by atoms with Gasteiger partial charge in [-0.1, -0.05) is 54.6 Å². The third-order valence-corrected chi connectivity index (χ3v) is 4.08. The van der Waals surface area contributed by atoms with Crippen molar-refractivity contribution in [2.75, 3.05) is 0 Å². The van der Waals surface area contributed by atoms with Gasteiger partial charge in [0.2, 0.25) is 5.69 Å². The number of aromatic nitrogens is 1. The van der Waals surface area contributed by atoms with Gasteiger partial charge in [0.1, 0.15) is 7.05 Å². The van der Waals surface area contributed by atoms with Gasteiger partial charge in [-0.25, -0.2) is 4.57 Å². The van der Waals surface area contributed by atoms with Crippen LogP contribution in [0.4, 0.5) is 0 Å². The average molecular weight is 270 g/mol. The smallest absolute Gasteiger partial charge is 0.200 e. The molecule has 0 bridgehead atoms. The predicted octanol–water partition coefficient (Wildman–Crippen LogP) is 4.48. The zero-order chi connectivity index (χ0) is 14.2. The van der Waals surface area contributed by atoms with Gasteiger partial charge in [-0.2, -0.15) is 0 Å². The second-order valence-electron chi connectivity index (χ2n) is 5.39. The molecule has 4 rings (SSSR count). The Kier molecular flexibility index (Phi) is 2.71. The molecule has 1 heterocycles. The van der Waals surface area contributed by atoms with Crippen LogP contribution in [-0.2, 0) is 7.05 Å². The minimum atomic E-state index is 1.25. The predicted molar refractivity (Wildman–Crippen MR) is 88.1 cm³/mol. The van der Waals surface area contributed by atoms with E-state index in [1.165, 1.54) is 32.8 Å². The summed E-state index contributed by atoms with van der Waals surface area (Å²) in [5.74, 6) is 0. The Balaban J connectivity index is 2.23. The first kappa shape index (κ1) is 12.1. The van der Waals surface area contributed by atoms with Gasteiger partial charge in [0, 0.05) is 11.6 Å². The number of pyridine rings is 1. The Labute approximate surface area is 124 Å². The fraction of sp³-hybridized carbons (Fsp3) is 0.0500. The molecule has 21 heavy (non-hydrogen) atoms. The van der Waals surface area contributed by atoms with Crippen LogP contribution < -0.4 is 4.57 Å². The van der Waals surface area contributed by atoms with E-state index in [9.17, 15) is 0 Å². The van der Waals surface area contributed by atoms with Crippen LogP contribution in [0.25, 0.3) is 32.8 Å². The van der Waals surface area contributed by atoms with E-state index in [2.05, 4.69) is 90.6 Å². The maximum Gasteiger partial charge on any atom is 0.220 e. The van der Waals surface area contributed by atoms with Gasteiger partial charge >= 0.3 is 0 Å². The third kappa shape index (κ3) is 1.90. The molecule has 100 valence electrons. The van der Waals surface area contributed by atoms with Crippen molar-refractivity contribution in [2.45, 2.75) is 0 Å². The lowest BCUT2D eigenvalue weighted by atomic mass is 9.97. The van der Waals surface area contributed by atoms with Gasteiger partial charge in [0.15, 0.2) is 6.20 Å². The third-order valence-electron chi connectivity index (χ3n) is 4.08. The van der Waals surface area contributed by atoms with E-state index >= 15 is 0 Å². The summed E-state index contributed by atoms with van der Waals surface area (Å²) >= 11 is 0. The minimum Gasteiger partial charge on any atom is -0.200 e. The van der Waals surface area contributed by atoms with Gasteiger partial charge < -0.3 is 0 Å². The van der Waals surface area contributed by atoms with Crippen LogP contribution in [0.3, 0.4) is 0 Å². The number of benzene rings is 3. The molecule has 0 spiro atoms. The first-order chi connectivity index (χ1) is 10.3. The normalized spacial score (nSPS) is 11.1. The van der Waals surface area contributed by atoms with E-state index in [0.717, 1.165) is 0 Å². The molecule has 0 aliphatic heterocycles. The molecule has 0 unspecified atom stereocenters. The summed E-state index contributed by atoms with van der Waals surface area (Å²) < 4.78 is 2.21. The van der Waals surface area contributed by atoms with Crippen LogP contribution in [0, 0.1) is 0 Å². The summed E-state index contributed by atoms with van der Waals surface area (Å²) in [6.45, 7) is 0. The highest BCUT2D eigenvalue weighted by Gasteiger charge is 2.16. The topological polar surface area (TPSA) is 3.88 Å². The Morgan fingerprint density at radius 2 is 1.38 bits per heavy atom. The molecular weight excluding hydrogens is 254 g/mol. The van der Waals surface area contributed by atoms with E-state index < -0.39 is 0 Å². The largest absolute Gasteiger partial charge is 0.220 e. The zero-order valence-electron chi connectivity index (χ0n) is 12.0. The van der Waals surface area contributed by atoms with Crippen LogP contribution in [-0.4, -0.2) is 0 Å². The van der Waals surface area contributed by atoms with Gasteiger partial charge in [-0.3, -0.25) is 0 Å². The molecule has 0 aliphatic rings. The number of rotatable bonds is 1. The molecule has 0 atom stereocenters. The second-order valence-corrected chi connectivity index (χ2v) is 5.39. The van der Waals surface area contributed by atoms with Crippen molar-refractivity contribution in [1.29, 1.82) is 0 Å². The number of nitrogens with zero attached hydrogens (tertiary/aromatic N) is 1. The molecular formula is C20H16N+. The maximum atomic E-state index is 2.21. The lowest BCUT2D eigenvalue weighted by molar-refractivity contribution is -0.659. The van der Waals surface area contributed by atoms with Gasteiger partial charge in [-0.05, 0) is 28.3 Å². The van der Waals surface area contributed by atoms with E-state index in [0.29, 0.717) is 0 Å². The lowest BCUT2D eigenvalue weighted by Gasteiger charge is -2.08. The number of fused-ring (bicyclic) bond motifs is 3. The SMILES string of the molecule is C[n+]1ccc2ccc3ccccc3c2c1-c1ccccc1. The number of hydrogen-bond acceptors (Lipinski definition) is 0. The zero-order valence-corrected chi connectivity index (χ0v) is 12.0. The van der Waals surface area contributed by atoms with Crippen LogP contribution in [0.15, 0.2) is 79.0 Å². The van der Waals surface area contributed by atoms with E-state index in [4.69, 9.17) is 0 Å². The highest BCUT2D eigenvalue weighted by atomic mass is 14.9.